The van der Waals surface area contributed by atoms with Crippen LogP contribution in [0.3, 0.4) is 0 Å². The molecule has 5 nitrogen and oxygen atoms in total. The van der Waals surface area contributed by atoms with Crippen molar-refractivity contribution < 1.29 is 9.47 Å². The molecular formula is C12H13N3O2. The minimum absolute atomic E-state index is 0.700. The summed E-state index contributed by atoms with van der Waals surface area (Å²) in [6.45, 7) is 0. The molecule has 0 aliphatic heterocycles. The van der Waals surface area contributed by atoms with Crippen LogP contribution < -0.4 is 14.8 Å². The summed E-state index contributed by atoms with van der Waals surface area (Å²) in [5.74, 6) is 1.40. The molecule has 2 rings (SSSR count). The topological polar surface area (TPSA) is 56.3 Å². The fourth-order valence-electron chi connectivity index (χ4n) is 1.36. The summed E-state index contributed by atoms with van der Waals surface area (Å²) >= 11 is 0. The highest BCUT2D eigenvalue weighted by Gasteiger charge is 1.99. The van der Waals surface area contributed by atoms with E-state index < -0.39 is 0 Å². The number of hydrogen-bond acceptors (Lipinski definition) is 5. The summed E-state index contributed by atoms with van der Waals surface area (Å²) < 4.78 is 10.2. The maximum atomic E-state index is 5.09. The molecular weight excluding hydrogens is 218 g/mol. The van der Waals surface area contributed by atoms with Crippen LogP contribution in [0.25, 0.3) is 0 Å². The van der Waals surface area contributed by atoms with Crippen molar-refractivity contribution in [2.45, 2.75) is 0 Å². The van der Waals surface area contributed by atoms with Crippen LogP contribution in [0.2, 0.25) is 0 Å². The Hall–Kier alpha value is -2.30. The summed E-state index contributed by atoms with van der Waals surface area (Å²) in [5, 5.41) is 3.17. The number of rotatable bonds is 4. The molecule has 2 heterocycles. The van der Waals surface area contributed by atoms with Gasteiger partial charge in [0.1, 0.15) is 11.5 Å². The van der Waals surface area contributed by atoms with E-state index in [2.05, 4.69) is 15.3 Å². The minimum Gasteiger partial charge on any atom is -0.495 e. The van der Waals surface area contributed by atoms with E-state index in [1.807, 2.05) is 12.1 Å². The van der Waals surface area contributed by atoms with Crippen LogP contribution in [0.4, 0.5) is 11.4 Å². The van der Waals surface area contributed by atoms with Crippen molar-refractivity contribution in [1.29, 1.82) is 0 Å². The lowest BCUT2D eigenvalue weighted by Crippen LogP contribution is -1.94. The standard InChI is InChI=1S/C12H13N3O2/c1-16-11-3-9(5-13-7-11)15-10-4-12(17-2)8-14-6-10/h3-8,15H,1-2H3. The molecule has 0 aromatic carbocycles. The zero-order valence-corrected chi connectivity index (χ0v) is 9.68. The number of anilines is 2. The van der Waals surface area contributed by atoms with Crippen molar-refractivity contribution in [3.05, 3.63) is 36.9 Å². The van der Waals surface area contributed by atoms with E-state index in [0.717, 1.165) is 11.4 Å². The molecule has 0 spiro atoms. The molecule has 0 saturated heterocycles. The Morgan fingerprint density at radius 2 is 1.29 bits per heavy atom. The van der Waals surface area contributed by atoms with Gasteiger partial charge in [-0.05, 0) is 0 Å². The third-order valence-electron chi connectivity index (χ3n) is 2.19. The van der Waals surface area contributed by atoms with E-state index in [1.54, 1.807) is 39.0 Å². The van der Waals surface area contributed by atoms with E-state index in [1.165, 1.54) is 0 Å². The molecule has 0 saturated carbocycles. The quantitative estimate of drug-likeness (QED) is 0.874. The number of nitrogens with one attached hydrogen (secondary N) is 1. The van der Waals surface area contributed by atoms with Gasteiger partial charge in [-0.25, -0.2) is 0 Å². The first-order valence-corrected chi connectivity index (χ1v) is 5.07. The van der Waals surface area contributed by atoms with Gasteiger partial charge in [-0.15, -0.1) is 0 Å². The molecule has 0 atom stereocenters. The highest BCUT2D eigenvalue weighted by Crippen LogP contribution is 2.21. The lowest BCUT2D eigenvalue weighted by atomic mass is 10.3. The van der Waals surface area contributed by atoms with Crippen molar-refractivity contribution in [3.8, 4) is 11.5 Å². The second-order valence-corrected chi connectivity index (χ2v) is 3.35. The lowest BCUT2D eigenvalue weighted by molar-refractivity contribution is 0.413. The second-order valence-electron chi connectivity index (χ2n) is 3.35. The Balaban J connectivity index is 2.18. The number of aromatic nitrogens is 2. The molecule has 0 aliphatic rings. The molecule has 0 fully saturated rings. The van der Waals surface area contributed by atoms with Gasteiger partial charge in [-0.2, -0.15) is 0 Å². The molecule has 5 heteroatoms. The normalized spacial score (nSPS) is 9.76. The summed E-state index contributed by atoms with van der Waals surface area (Å²) in [6, 6.07) is 3.71. The van der Waals surface area contributed by atoms with Crippen LogP contribution in [-0.2, 0) is 0 Å². The third kappa shape index (κ3) is 2.84. The van der Waals surface area contributed by atoms with Crippen LogP contribution in [0, 0.1) is 0 Å². The van der Waals surface area contributed by atoms with Crippen LogP contribution in [0.1, 0.15) is 0 Å². The van der Waals surface area contributed by atoms with Crippen molar-refractivity contribution >= 4 is 11.4 Å². The zero-order valence-electron chi connectivity index (χ0n) is 9.68. The second kappa shape index (κ2) is 5.16. The highest BCUT2D eigenvalue weighted by atomic mass is 16.5. The summed E-state index contributed by atoms with van der Waals surface area (Å²) in [7, 11) is 3.21. The van der Waals surface area contributed by atoms with Gasteiger partial charge in [0.25, 0.3) is 0 Å². The largest absolute Gasteiger partial charge is 0.495 e. The smallest absolute Gasteiger partial charge is 0.139 e. The summed E-state index contributed by atoms with van der Waals surface area (Å²) in [4.78, 5) is 8.11. The molecule has 2 aromatic rings. The fourth-order valence-corrected chi connectivity index (χ4v) is 1.36. The van der Waals surface area contributed by atoms with E-state index in [0.29, 0.717) is 11.5 Å². The van der Waals surface area contributed by atoms with E-state index in [-0.39, 0.29) is 0 Å². The van der Waals surface area contributed by atoms with E-state index >= 15 is 0 Å². The Labute approximate surface area is 99.4 Å². The van der Waals surface area contributed by atoms with Crippen molar-refractivity contribution in [2.24, 2.45) is 0 Å². The molecule has 0 unspecified atom stereocenters. The molecule has 88 valence electrons. The molecule has 1 N–H and O–H groups in total. The van der Waals surface area contributed by atoms with Crippen molar-refractivity contribution in [2.75, 3.05) is 19.5 Å². The Morgan fingerprint density at radius 3 is 1.71 bits per heavy atom. The predicted octanol–water partition coefficient (Wildman–Crippen LogP) is 2.24. The molecule has 17 heavy (non-hydrogen) atoms. The summed E-state index contributed by atoms with van der Waals surface area (Å²) in [6.07, 6.45) is 6.72. The first kappa shape index (κ1) is 11.2. The summed E-state index contributed by atoms with van der Waals surface area (Å²) in [5.41, 5.74) is 1.67. The fraction of sp³-hybridized carbons (Fsp3) is 0.167. The molecule has 0 bridgehead atoms. The Kier molecular flexibility index (Phi) is 3.40. The number of nitrogens with zero attached hydrogens (tertiary/aromatic N) is 2. The maximum Gasteiger partial charge on any atom is 0.139 e. The predicted molar refractivity (Wildman–Crippen MR) is 64.9 cm³/mol. The van der Waals surface area contributed by atoms with Gasteiger partial charge in [-0.1, -0.05) is 0 Å². The van der Waals surface area contributed by atoms with Gasteiger partial charge in [0, 0.05) is 12.1 Å². The number of ether oxygens (including phenoxy) is 2. The van der Waals surface area contributed by atoms with Gasteiger partial charge in [-0.3, -0.25) is 9.97 Å². The third-order valence-corrected chi connectivity index (χ3v) is 2.19. The Morgan fingerprint density at radius 1 is 0.824 bits per heavy atom. The Bertz CT molecular complexity index is 457. The van der Waals surface area contributed by atoms with Crippen LogP contribution >= 0.6 is 0 Å². The molecule has 0 radical (unpaired) electrons. The SMILES string of the molecule is COc1cncc(Nc2cncc(OC)c2)c1. The first-order valence-electron chi connectivity index (χ1n) is 5.07. The van der Waals surface area contributed by atoms with Crippen LogP contribution in [0.5, 0.6) is 11.5 Å². The van der Waals surface area contributed by atoms with Gasteiger partial charge in [0.15, 0.2) is 0 Å². The first-order chi connectivity index (χ1) is 8.31. The van der Waals surface area contributed by atoms with E-state index in [9.17, 15) is 0 Å². The average molecular weight is 231 g/mol. The number of hydrogen-bond donors (Lipinski definition) is 1. The van der Waals surface area contributed by atoms with Crippen LogP contribution in [0.15, 0.2) is 36.9 Å². The molecule has 2 aromatic heterocycles. The van der Waals surface area contributed by atoms with Gasteiger partial charge < -0.3 is 14.8 Å². The maximum absolute atomic E-state index is 5.09. The van der Waals surface area contributed by atoms with Gasteiger partial charge in [0.05, 0.1) is 50.4 Å². The van der Waals surface area contributed by atoms with E-state index in [4.69, 9.17) is 9.47 Å². The number of pyridine rings is 2. The molecule has 0 amide bonds. The average Bonchev–Trinajstić information content (AvgIpc) is 2.39. The highest BCUT2D eigenvalue weighted by molar-refractivity contribution is 5.60. The zero-order chi connectivity index (χ0) is 12.1. The van der Waals surface area contributed by atoms with Gasteiger partial charge >= 0.3 is 0 Å². The van der Waals surface area contributed by atoms with Gasteiger partial charge in [0.2, 0.25) is 0 Å². The van der Waals surface area contributed by atoms with Crippen molar-refractivity contribution in [3.63, 3.8) is 0 Å². The minimum atomic E-state index is 0.700. The van der Waals surface area contributed by atoms with Crippen molar-refractivity contribution in [1.82, 2.24) is 9.97 Å². The van der Waals surface area contributed by atoms with Crippen LogP contribution in [-0.4, -0.2) is 24.2 Å². The number of methoxy groups -OCH3 is 2. The lowest BCUT2D eigenvalue weighted by Gasteiger charge is -2.08. The monoisotopic (exact) mass is 231 g/mol. The molecule has 0 aliphatic carbocycles.